The molecule has 1 aliphatic rings. The lowest BCUT2D eigenvalue weighted by Crippen LogP contribution is -2.52. The van der Waals surface area contributed by atoms with Gasteiger partial charge in [-0.25, -0.2) is 4.68 Å². The number of morpholine rings is 1. The van der Waals surface area contributed by atoms with E-state index in [9.17, 15) is 9.59 Å². The molecule has 1 fully saturated rings. The summed E-state index contributed by atoms with van der Waals surface area (Å²) in [5, 5.41) is 7.18. The van der Waals surface area contributed by atoms with Gasteiger partial charge in [0.05, 0.1) is 26.4 Å². The number of nitrogens with zero attached hydrogens (tertiary/aromatic N) is 3. The first-order valence-corrected chi connectivity index (χ1v) is 9.77. The lowest BCUT2D eigenvalue weighted by atomic mass is 9.92. The normalized spacial score (nSPS) is 16.4. The molecule has 1 atom stereocenters. The van der Waals surface area contributed by atoms with E-state index in [1.165, 1.54) is 16.8 Å². The monoisotopic (exact) mass is 380 g/mol. The molecule has 0 bridgehead atoms. The number of methoxy groups -OCH3 is 1. The average molecular weight is 380 g/mol. The fourth-order valence-electron chi connectivity index (χ4n) is 3.53. The quantitative estimate of drug-likeness (QED) is 0.645. The SMILES string of the molecule is CCC(CC)[C@@H](CNC(=O)c1ccc(=O)n(CCOC)n1)N1CCOCC1. The van der Waals surface area contributed by atoms with Crippen molar-refractivity contribution in [1.29, 1.82) is 0 Å². The van der Waals surface area contributed by atoms with Crippen molar-refractivity contribution in [2.75, 3.05) is 46.6 Å². The van der Waals surface area contributed by atoms with Gasteiger partial charge in [0, 0.05) is 38.9 Å². The summed E-state index contributed by atoms with van der Waals surface area (Å²) >= 11 is 0. The first-order valence-electron chi connectivity index (χ1n) is 9.77. The predicted molar refractivity (Wildman–Crippen MR) is 103 cm³/mol. The molecule has 0 unspecified atom stereocenters. The molecule has 0 aromatic carbocycles. The van der Waals surface area contributed by atoms with E-state index in [0.29, 0.717) is 25.6 Å². The van der Waals surface area contributed by atoms with Crippen molar-refractivity contribution in [1.82, 2.24) is 20.0 Å². The van der Waals surface area contributed by atoms with Gasteiger partial charge in [-0.1, -0.05) is 26.7 Å². The van der Waals surface area contributed by atoms with Gasteiger partial charge in [-0.15, -0.1) is 0 Å². The number of aromatic nitrogens is 2. The summed E-state index contributed by atoms with van der Waals surface area (Å²) in [4.78, 5) is 26.9. The summed E-state index contributed by atoms with van der Waals surface area (Å²) in [5.74, 6) is 0.248. The molecule has 27 heavy (non-hydrogen) atoms. The first-order chi connectivity index (χ1) is 13.1. The van der Waals surface area contributed by atoms with Crippen LogP contribution >= 0.6 is 0 Å². The third kappa shape index (κ3) is 6.12. The number of nitrogens with one attached hydrogen (secondary N) is 1. The molecule has 1 aliphatic heterocycles. The van der Waals surface area contributed by atoms with Crippen molar-refractivity contribution in [3.05, 3.63) is 28.2 Å². The largest absolute Gasteiger partial charge is 0.383 e. The first kappa shape index (κ1) is 21.5. The van der Waals surface area contributed by atoms with Crippen molar-refractivity contribution in [2.45, 2.75) is 39.3 Å². The molecule has 2 heterocycles. The van der Waals surface area contributed by atoms with Gasteiger partial charge in [-0.3, -0.25) is 14.5 Å². The molecule has 2 rings (SSSR count). The molecule has 1 aromatic rings. The maximum Gasteiger partial charge on any atom is 0.271 e. The van der Waals surface area contributed by atoms with Crippen LogP contribution in [0.5, 0.6) is 0 Å². The van der Waals surface area contributed by atoms with Crippen molar-refractivity contribution in [3.8, 4) is 0 Å². The summed E-state index contributed by atoms with van der Waals surface area (Å²) in [6.45, 7) is 8.87. The molecule has 152 valence electrons. The van der Waals surface area contributed by atoms with Gasteiger partial charge in [0.15, 0.2) is 0 Å². The van der Waals surface area contributed by atoms with Crippen LogP contribution in [-0.4, -0.2) is 73.2 Å². The second-order valence-corrected chi connectivity index (χ2v) is 6.78. The highest BCUT2D eigenvalue weighted by Crippen LogP contribution is 2.19. The molecule has 0 radical (unpaired) electrons. The highest BCUT2D eigenvalue weighted by atomic mass is 16.5. The average Bonchev–Trinajstić information content (AvgIpc) is 2.71. The fourth-order valence-corrected chi connectivity index (χ4v) is 3.53. The Bertz CT molecular complexity index is 639. The Labute approximate surface area is 160 Å². The molecule has 1 saturated heterocycles. The van der Waals surface area contributed by atoms with Crippen LogP contribution in [0.15, 0.2) is 16.9 Å². The van der Waals surface area contributed by atoms with Crippen LogP contribution in [0, 0.1) is 5.92 Å². The van der Waals surface area contributed by atoms with Gasteiger partial charge in [-0.2, -0.15) is 5.10 Å². The Morgan fingerprint density at radius 2 is 2.00 bits per heavy atom. The minimum atomic E-state index is -0.259. The molecular formula is C19H32N4O4. The van der Waals surface area contributed by atoms with Gasteiger partial charge in [0.25, 0.3) is 11.5 Å². The van der Waals surface area contributed by atoms with Crippen LogP contribution in [0.3, 0.4) is 0 Å². The maximum absolute atomic E-state index is 12.6. The molecule has 0 spiro atoms. The summed E-state index contributed by atoms with van der Waals surface area (Å²) in [5.41, 5.74) is 0.00259. The van der Waals surface area contributed by atoms with Gasteiger partial charge in [0.1, 0.15) is 5.69 Å². The predicted octanol–water partition coefficient (Wildman–Crippen LogP) is 0.757. The van der Waals surface area contributed by atoms with Crippen molar-refractivity contribution < 1.29 is 14.3 Å². The molecule has 0 aliphatic carbocycles. The van der Waals surface area contributed by atoms with Crippen molar-refractivity contribution in [3.63, 3.8) is 0 Å². The van der Waals surface area contributed by atoms with E-state index in [0.717, 1.165) is 39.1 Å². The van der Waals surface area contributed by atoms with E-state index in [1.54, 1.807) is 7.11 Å². The van der Waals surface area contributed by atoms with Gasteiger partial charge >= 0.3 is 0 Å². The molecule has 1 amide bonds. The molecule has 8 heteroatoms. The lowest BCUT2D eigenvalue weighted by molar-refractivity contribution is 0.00189. The standard InChI is InChI=1S/C19H32N4O4/c1-4-15(5-2)17(22-8-12-27-13-9-22)14-20-19(25)16-6-7-18(24)23(21-16)10-11-26-3/h6-7,15,17H,4-5,8-14H2,1-3H3,(H,20,25)/t17-/m1/s1. The summed E-state index contributed by atoms with van der Waals surface area (Å²) in [6.07, 6.45) is 2.13. The molecule has 8 nitrogen and oxygen atoms in total. The van der Waals surface area contributed by atoms with Crippen molar-refractivity contribution >= 4 is 5.91 Å². The maximum atomic E-state index is 12.6. The van der Waals surface area contributed by atoms with Crippen LogP contribution in [0.25, 0.3) is 0 Å². The third-order valence-corrected chi connectivity index (χ3v) is 5.19. The molecule has 1 N–H and O–H groups in total. The summed E-state index contributed by atoms with van der Waals surface area (Å²) in [7, 11) is 1.56. The zero-order chi connectivity index (χ0) is 19.6. The van der Waals surface area contributed by atoms with Crippen LogP contribution in [0.4, 0.5) is 0 Å². The van der Waals surface area contributed by atoms with E-state index in [2.05, 4.69) is 29.2 Å². The number of rotatable bonds is 10. The van der Waals surface area contributed by atoms with E-state index >= 15 is 0 Å². The number of carbonyl (C=O) groups excluding carboxylic acids is 1. The molecule has 1 aromatic heterocycles. The summed E-state index contributed by atoms with van der Waals surface area (Å²) < 4.78 is 11.7. The van der Waals surface area contributed by atoms with Crippen molar-refractivity contribution in [2.24, 2.45) is 5.92 Å². The van der Waals surface area contributed by atoms with Gasteiger partial charge in [-0.05, 0) is 12.0 Å². The summed E-state index contributed by atoms with van der Waals surface area (Å²) in [6, 6.07) is 3.12. The highest BCUT2D eigenvalue weighted by molar-refractivity contribution is 5.92. The topological polar surface area (TPSA) is 85.7 Å². The number of amides is 1. The highest BCUT2D eigenvalue weighted by Gasteiger charge is 2.27. The number of hydrogen-bond donors (Lipinski definition) is 1. The minimum Gasteiger partial charge on any atom is -0.383 e. The number of carbonyl (C=O) groups is 1. The fraction of sp³-hybridized carbons (Fsp3) is 0.737. The van der Waals surface area contributed by atoms with E-state index in [4.69, 9.17) is 9.47 Å². The second kappa shape index (κ2) is 11.2. The Morgan fingerprint density at radius 3 is 2.63 bits per heavy atom. The van der Waals surface area contributed by atoms with E-state index in [-0.39, 0.29) is 23.2 Å². The zero-order valence-corrected chi connectivity index (χ0v) is 16.6. The molecule has 0 saturated carbocycles. The minimum absolute atomic E-state index is 0.244. The Morgan fingerprint density at radius 1 is 1.30 bits per heavy atom. The Kier molecular flexibility index (Phi) is 8.90. The number of ether oxygens (including phenoxy) is 2. The van der Waals surface area contributed by atoms with Crippen LogP contribution < -0.4 is 10.9 Å². The van der Waals surface area contributed by atoms with E-state index in [1.807, 2.05) is 0 Å². The van der Waals surface area contributed by atoms with Gasteiger partial charge in [0.2, 0.25) is 0 Å². The van der Waals surface area contributed by atoms with E-state index < -0.39 is 0 Å². The third-order valence-electron chi connectivity index (χ3n) is 5.19. The zero-order valence-electron chi connectivity index (χ0n) is 16.6. The molecular weight excluding hydrogens is 348 g/mol. The Hall–Kier alpha value is -1.77. The smallest absolute Gasteiger partial charge is 0.271 e. The second-order valence-electron chi connectivity index (χ2n) is 6.78. The Balaban J connectivity index is 2.04. The number of hydrogen-bond acceptors (Lipinski definition) is 6. The van der Waals surface area contributed by atoms with Gasteiger partial charge < -0.3 is 14.8 Å². The lowest BCUT2D eigenvalue weighted by Gasteiger charge is -2.38. The van der Waals surface area contributed by atoms with Crippen LogP contribution in [0.1, 0.15) is 37.2 Å². The van der Waals surface area contributed by atoms with Crippen LogP contribution in [0.2, 0.25) is 0 Å². The van der Waals surface area contributed by atoms with Crippen LogP contribution in [-0.2, 0) is 16.0 Å².